The van der Waals surface area contributed by atoms with Gasteiger partial charge >= 0.3 is 0 Å². The molecule has 1 aromatic carbocycles. The van der Waals surface area contributed by atoms with E-state index in [4.69, 9.17) is 5.26 Å². The molecule has 0 bridgehead atoms. The third-order valence-corrected chi connectivity index (χ3v) is 5.22. The van der Waals surface area contributed by atoms with E-state index in [0.29, 0.717) is 25.8 Å². The number of nitriles is 1. The number of hydrogen-bond acceptors (Lipinski definition) is 6. The van der Waals surface area contributed by atoms with Gasteiger partial charge in [-0.1, -0.05) is 0 Å². The van der Waals surface area contributed by atoms with Gasteiger partial charge < -0.3 is 0 Å². The lowest BCUT2D eigenvalue weighted by atomic mass is 10.1. The summed E-state index contributed by atoms with van der Waals surface area (Å²) in [5.41, 5.74) is -0.192. The molecule has 23 heavy (non-hydrogen) atoms. The van der Waals surface area contributed by atoms with Crippen LogP contribution in [-0.4, -0.2) is 34.7 Å². The molecule has 0 saturated carbocycles. The Hall–Kier alpha value is -2.38. The van der Waals surface area contributed by atoms with Crippen molar-refractivity contribution in [2.45, 2.75) is 36.7 Å². The summed E-state index contributed by atoms with van der Waals surface area (Å²) in [6.07, 6.45) is 1.65. The molecule has 1 unspecified atom stereocenters. The SMILES string of the molecule is N#Cc1ccc(S(=O)(=O)NC2CCc3nnnn3CC2)cc1F. The van der Waals surface area contributed by atoms with Crippen LogP contribution in [0.1, 0.15) is 24.2 Å². The normalized spacial score (nSPS) is 18.0. The average Bonchev–Trinajstić information content (AvgIpc) is 2.89. The van der Waals surface area contributed by atoms with E-state index in [9.17, 15) is 12.8 Å². The molecule has 0 saturated heterocycles. The smallest absolute Gasteiger partial charge is 0.230 e. The molecule has 1 atom stereocenters. The van der Waals surface area contributed by atoms with Gasteiger partial charge in [0.15, 0.2) is 5.82 Å². The van der Waals surface area contributed by atoms with Crippen LogP contribution in [0.15, 0.2) is 23.1 Å². The molecule has 1 aliphatic rings. The molecule has 0 amide bonds. The zero-order valence-corrected chi connectivity index (χ0v) is 12.8. The van der Waals surface area contributed by atoms with Gasteiger partial charge in [-0.2, -0.15) is 5.26 Å². The number of tetrazole rings is 1. The lowest BCUT2D eigenvalue weighted by Crippen LogP contribution is -2.35. The third-order valence-electron chi connectivity index (χ3n) is 3.70. The second kappa shape index (κ2) is 6.02. The summed E-state index contributed by atoms with van der Waals surface area (Å²) < 4.78 is 42.6. The zero-order chi connectivity index (χ0) is 16.4. The van der Waals surface area contributed by atoms with Crippen molar-refractivity contribution in [2.75, 3.05) is 0 Å². The topological polar surface area (TPSA) is 114 Å². The lowest BCUT2D eigenvalue weighted by molar-refractivity contribution is 0.478. The number of aromatic nitrogens is 4. The van der Waals surface area contributed by atoms with Gasteiger partial charge in [0.25, 0.3) is 0 Å². The highest BCUT2D eigenvalue weighted by Gasteiger charge is 2.24. The molecule has 120 valence electrons. The van der Waals surface area contributed by atoms with E-state index in [2.05, 4.69) is 20.2 Å². The summed E-state index contributed by atoms with van der Waals surface area (Å²) in [6.45, 7) is 0.511. The Morgan fingerprint density at radius 1 is 1.39 bits per heavy atom. The molecule has 8 nitrogen and oxygen atoms in total. The average molecular weight is 336 g/mol. The van der Waals surface area contributed by atoms with E-state index in [1.54, 1.807) is 10.8 Å². The summed E-state index contributed by atoms with van der Waals surface area (Å²) >= 11 is 0. The van der Waals surface area contributed by atoms with Crippen LogP contribution in [0.3, 0.4) is 0 Å². The van der Waals surface area contributed by atoms with E-state index in [1.807, 2.05) is 0 Å². The van der Waals surface area contributed by atoms with Crippen molar-refractivity contribution in [1.29, 1.82) is 5.26 Å². The Bertz CT molecular complexity index is 850. The van der Waals surface area contributed by atoms with Crippen molar-refractivity contribution in [1.82, 2.24) is 24.9 Å². The fraction of sp³-hybridized carbons (Fsp3) is 0.385. The van der Waals surface area contributed by atoms with Gasteiger partial charge in [0, 0.05) is 19.0 Å². The summed E-state index contributed by atoms with van der Waals surface area (Å²) in [5.74, 6) is -0.136. The second-order valence-electron chi connectivity index (χ2n) is 5.22. The minimum Gasteiger partial charge on any atom is -0.230 e. The van der Waals surface area contributed by atoms with Gasteiger partial charge in [-0.3, -0.25) is 0 Å². The largest absolute Gasteiger partial charge is 0.240 e. The van der Waals surface area contributed by atoms with Crippen LogP contribution in [0, 0.1) is 17.1 Å². The van der Waals surface area contributed by atoms with Gasteiger partial charge in [0.2, 0.25) is 10.0 Å². The molecule has 0 spiro atoms. The number of fused-ring (bicyclic) bond motifs is 1. The molecule has 1 aromatic heterocycles. The molecule has 3 rings (SSSR count). The van der Waals surface area contributed by atoms with Crippen LogP contribution in [0.5, 0.6) is 0 Å². The molecular weight excluding hydrogens is 323 g/mol. The predicted octanol–water partition coefficient (Wildman–Crippen LogP) is 0.367. The van der Waals surface area contributed by atoms with E-state index < -0.39 is 15.8 Å². The minimum absolute atomic E-state index is 0.192. The maximum Gasteiger partial charge on any atom is 0.240 e. The molecule has 0 fully saturated rings. The summed E-state index contributed by atoms with van der Waals surface area (Å²) in [6, 6.07) is 4.58. The first-order valence-corrected chi connectivity index (χ1v) is 8.45. The molecule has 10 heteroatoms. The van der Waals surface area contributed by atoms with Crippen LogP contribution in [-0.2, 0) is 23.0 Å². The number of hydrogen-bond donors (Lipinski definition) is 1. The standard InChI is InChI=1S/C13H13FN6O2S/c14-12-7-11(3-1-9(12)8-15)23(21,22)17-10-2-4-13-16-18-19-20(13)6-5-10/h1,3,7,10,17H,2,4-6H2. The first-order valence-electron chi connectivity index (χ1n) is 6.96. The summed E-state index contributed by atoms with van der Waals surface area (Å²) in [7, 11) is -3.86. The van der Waals surface area contributed by atoms with Crippen LogP contribution < -0.4 is 4.72 Å². The van der Waals surface area contributed by atoms with Gasteiger partial charge in [0.1, 0.15) is 11.9 Å². The van der Waals surface area contributed by atoms with Gasteiger partial charge in [-0.25, -0.2) is 22.2 Å². The van der Waals surface area contributed by atoms with E-state index >= 15 is 0 Å². The first-order chi connectivity index (χ1) is 11.0. The fourth-order valence-corrected chi connectivity index (χ4v) is 3.78. The Morgan fingerprint density at radius 2 is 2.22 bits per heavy atom. The summed E-state index contributed by atoms with van der Waals surface area (Å²) in [5, 5.41) is 20.0. The highest BCUT2D eigenvalue weighted by atomic mass is 32.2. The number of aryl methyl sites for hydroxylation is 2. The molecular formula is C13H13FN6O2S. The molecule has 0 aliphatic carbocycles. The van der Waals surface area contributed by atoms with Crippen molar-refractivity contribution in [3.8, 4) is 6.07 Å². The minimum atomic E-state index is -3.86. The highest BCUT2D eigenvalue weighted by Crippen LogP contribution is 2.18. The van der Waals surface area contributed by atoms with E-state index in [-0.39, 0.29) is 16.5 Å². The van der Waals surface area contributed by atoms with Crippen molar-refractivity contribution in [3.05, 3.63) is 35.4 Å². The Kier molecular flexibility index (Phi) is 4.06. The quantitative estimate of drug-likeness (QED) is 0.866. The molecule has 1 aliphatic heterocycles. The van der Waals surface area contributed by atoms with Gasteiger partial charge in [-0.15, -0.1) is 5.10 Å². The highest BCUT2D eigenvalue weighted by molar-refractivity contribution is 7.89. The molecule has 2 aromatic rings. The van der Waals surface area contributed by atoms with Crippen LogP contribution >= 0.6 is 0 Å². The molecule has 2 heterocycles. The van der Waals surface area contributed by atoms with E-state index in [0.717, 1.165) is 18.0 Å². The molecule has 0 radical (unpaired) electrons. The first kappa shape index (κ1) is 15.5. The third kappa shape index (κ3) is 3.20. The number of nitrogens with one attached hydrogen (secondary N) is 1. The van der Waals surface area contributed by atoms with E-state index in [1.165, 1.54) is 6.07 Å². The maximum absolute atomic E-state index is 13.6. The van der Waals surface area contributed by atoms with Crippen molar-refractivity contribution in [2.24, 2.45) is 0 Å². The maximum atomic E-state index is 13.6. The van der Waals surface area contributed by atoms with Crippen LogP contribution in [0.25, 0.3) is 0 Å². The monoisotopic (exact) mass is 336 g/mol. The van der Waals surface area contributed by atoms with Crippen LogP contribution in [0.4, 0.5) is 4.39 Å². The molecule has 1 N–H and O–H groups in total. The predicted molar refractivity (Wildman–Crippen MR) is 76.0 cm³/mol. The van der Waals surface area contributed by atoms with Gasteiger partial charge in [-0.05, 0) is 41.5 Å². The van der Waals surface area contributed by atoms with Crippen molar-refractivity contribution >= 4 is 10.0 Å². The van der Waals surface area contributed by atoms with Crippen molar-refractivity contribution in [3.63, 3.8) is 0 Å². The number of benzene rings is 1. The Labute approximate surface area is 132 Å². The number of rotatable bonds is 3. The van der Waals surface area contributed by atoms with Crippen LogP contribution in [0.2, 0.25) is 0 Å². The number of nitrogens with zero attached hydrogens (tertiary/aromatic N) is 5. The van der Waals surface area contributed by atoms with Gasteiger partial charge in [0.05, 0.1) is 10.5 Å². The zero-order valence-electron chi connectivity index (χ0n) is 12.0. The Balaban J connectivity index is 1.75. The fourth-order valence-electron chi connectivity index (χ4n) is 2.46. The Morgan fingerprint density at radius 3 is 2.96 bits per heavy atom. The van der Waals surface area contributed by atoms with Crippen molar-refractivity contribution < 1.29 is 12.8 Å². The number of sulfonamides is 1. The summed E-state index contributed by atoms with van der Waals surface area (Å²) in [4.78, 5) is -0.198. The second-order valence-corrected chi connectivity index (χ2v) is 6.93. The lowest BCUT2D eigenvalue weighted by Gasteiger charge is -2.16. The number of halogens is 1.